The first-order chi connectivity index (χ1) is 15.6. The minimum atomic E-state index is -0.507. The molecule has 4 aromatic rings. The standard InChI is InChI=1S/C24H22N4O4/c1-31-20-10-6-16(7-11-20)15-28-22(24(30)26-27-28)23(29)25-19-5-3-4-18(14-19)17-8-12-21(32-2)13-9-17/h3-14,30H,15H2,1-2H3,(H,25,29). The van der Waals surface area contributed by atoms with E-state index in [1.807, 2.05) is 66.7 Å². The molecule has 1 heterocycles. The Bertz CT molecular complexity index is 1220. The van der Waals surface area contributed by atoms with E-state index in [4.69, 9.17) is 9.47 Å². The summed E-state index contributed by atoms with van der Waals surface area (Å²) in [6.45, 7) is 0.270. The highest BCUT2D eigenvalue weighted by molar-refractivity contribution is 6.04. The lowest BCUT2D eigenvalue weighted by molar-refractivity contribution is 0.101. The maximum Gasteiger partial charge on any atom is 0.279 e. The lowest BCUT2D eigenvalue weighted by Gasteiger charge is -2.10. The number of ether oxygens (including phenoxy) is 2. The van der Waals surface area contributed by atoms with Gasteiger partial charge in [0.15, 0.2) is 5.69 Å². The fraction of sp³-hybridized carbons (Fsp3) is 0.125. The average Bonchev–Trinajstić information content (AvgIpc) is 3.19. The molecule has 8 nitrogen and oxygen atoms in total. The number of anilines is 1. The summed E-state index contributed by atoms with van der Waals surface area (Å²) in [5.41, 5.74) is 3.36. The van der Waals surface area contributed by atoms with Crippen molar-refractivity contribution >= 4 is 11.6 Å². The number of carbonyl (C=O) groups excluding carboxylic acids is 1. The second-order valence-electron chi connectivity index (χ2n) is 7.03. The van der Waals surface area contributed by atoms with Gasteiger partial charge in [-0.3, -0.25) is 4.79 Å². The van der Waals surface area contributed by atoms with Crippen molar-refractivity contribution in [3.05, 3.63) is 84.1 Å². The summed E-state index contributed by atoms with van der Waals surface area (Å²) in [7, 11) is 3.21. The highest BCUT2D eigenvalue weighted by Gasteiger charge is 2.20. The van der Waals surface area contributed by atoms with Crippen LogP contribution in [0.5, 0.6) is 17.4 Å². The van der Waals surface area contributed by atoms with Crippen molar-refractivity contribution in [1.82, 2.24) is 15.0 Å². The van der Waals surface area contributed by atoms with Crippen LogP contribution in [-0.4, -0.2) is 40.2 Å². The summed E-state index contributed by atoms with van der Waals surface area (Å²) >= 11 is 0. The van der Waals surface area contributed by atoms with Gasteiger partial charge in [-0.15, -0.1) is 0 Å². The number of nitrogens with zero attached hydrogens (tertiary/aromatic N) is 3. The molecule has 0 unspecified atom stereocenters. The molecule has 0 atom stereocenters. The van der Waals surface area contributed by atoms with Gasteiger partial charge in [0.25, 0.3) is 11.8 Å². The van der Waals surface area contributed by atoms with Crippen LogP contribution in [0, 0.1) is 0 Å². The Morgan fingerprint density at radius 1 is 0.938 bits per heavy atom. The van der Waals surface area contributed by atoms with Gasteiger partial charge >= 0.3 is 0 Å². The Kier molecular flexibility index (Phi) is 6.03. The highest BCUT2D eigenvalue weighted by Crippen LogP contribution is 2.25. The molecule has 0 saturated carbocycles. The number of methoxy groups -OCH3 is 2. The van der Waals surface area contributed by atoms with Gasteiger partial charge in [0.2, 0.25) is 0 Å². The van der Waals surface area contributed by atoms with Crippen LogP contribution in [0.3, 0.4) is 0 Å². The lowest BCUT2D eigenvalue weighted by Crippen LogP contribution is -2.18. The molecule has 0 aliphatic carbocycles. The van der Waals surface area contributed by atoms with E-state index in [0.29, 0.717) is 5.69 Å². The van der Waals surface area contributed by atoms with Crippen LogP contribution in [0.2, 0.25) is 0 Å². The van der Waals surface area contributed by atoms with Crippen molar-refractivity contribution < 1.29 is 19.4 Å². The van der Waals surface area contributed by atoms with Gasteiger partial charge in [-0.2, -0.15) is 0 Å². The summed E-state index contributed by atoms with van der Waals surface area (Å²) in [5.74, 6) is 0.561. The maximum atomic E-state index is 12.9. The monoisotopic (exact) mass is 430 g/mol. The number of hydrogen-bond donors (Lipinski definition) is 2. The van der Waals surface area contributed by atoms with E-state index >= 15 is 0 Å². The minimum Gasteiger partial charge on any atom is -0.497 e. The summed E-state index contributed by atoms with van der Waals surface area (Å²) in [4.78, 5) is 12.9. The first kappa shape index (κ1) is 20.9. The number of rotatable bonds is 7. The quantitative estimate of drug-likeness (QED) is 0.460. The van der Waals surface area contributed by atoms with Crippen molar-refractivity contribution in [1.29, 1.82) is 0 Å². The average molecular weight is 430 g/mol. The molecule has 0 radical (unpaired) electrons. The SMILES string of the molecule is COc1ccc(Cn2nnc(O)c2C(=O)Nc2cccc(-c3ccc(OC)cc3)c2)cc1. The Morgan fingerprint density at radius 3 is 2.25 bits per heavy atom. The predicted octanol–water partition coefficient (Wildman–Crippen LogP) is 3.97. The first-order valence-electron chi connectivity index (χ1n) is 9.88. The number of carbonyl (C=O) groups is 1. The third-order valence-corrected chi connectivity index (χ3v) is 4.97. The summed E-state index contributed by atoms with van der Waals surface area (Å²) in [6.07, 6.45) is 0. The molecule has 1 aromatic heterocycles. The second kappa shape index (κ2) is 9.22. The minimum absolute atomic E-state index is 0.0179. The summed E-state index contributed by atoms with van der Waals surface area (Å²) in [6, 6.07) is 22.4. The Morgan fingerprint density at radius 2 is 1.59 bits per heavy atom. The van der Waals surface area contributed by atoms with E-state index in [9.17, 15) is 9.90 Å². The van der Waals surface area contributed by atoms with Gasteiger partial charge in [0.05, 0.1) is 20.8 Å². The van der Waals surface area contributed by atoms with Crippen LogP contribution in [0.25, 0.3) is 11.1 Å². The Balaban J connectivity index is 1.53. The van der Waals surface area contributed by atoms with E-state index in [1.165, 1.54) is 4.68 Å². The number of amides is 1. The van der Waals surface area contributed by atoms with Crippen LogP contribution in [0.15, 0.2) is 72.8 Å². The van der Waals surface area contributed by atoms with E-state index in [0.717, 1.165) is 28.2 Å². The van der Waals surface area contributed by atoms with Crippen LogP contribution < -0.4 is 14.8 Å². The first-order valence-corrected chi connectivity index (χ1v) is 9.88. The molecule has 0 aliphatic heterocycles. The molecular formula is C24H22N4O4. The van der Waals surface area contributed by atoms with Crippen molar-refractivity contribution in [3.63, 3.8) is 0 Å². The van der Waals surface area contributed by atoms with Crippen molar-refractivity contribution in [2.24, 2.45) is 0 Å². The number of aromatic hydroxyl groups is 1. The number of aromatic nitrogens is 3. The molecule has 8 heteroatoms. The molecule has 0 spiro atoms. The Hall–Kier alpha value is -4.33. The van der Waals surface area contributed by atoms with Gasteiger partial charge in [-0.25, -0.2) is 4.68 Å². The molecular weight excluding hydrogens is 408 g/mol. The highest BCUT2D eigenvalue weighted by atomic mass is 16.5. The van der Waals surface area contributed by atoms with Crippen LogP contribution in [0.4, 0.5) is 5.69 Å². The van der Waals surface area contributed by atoms with Crippen molar-refractivity contribution in [2.75, 3.05) is 19.5 Å². The smallest absolute Gasteiger partial charge is 0.279 e. The molecule has 0 aliphatic rings. The molecule has 0 fully saturated rings. The van der Waals surface area contributed by atoms with E-state index in [2.05, 4.69) is 15.6 Å². The topological polar surface area (TPSA) is 98.5 Å². The van der Waals surface area contributed by atoms with Gasteiger partial charge in [0, 0.05) is 5.69 Å². The zero-order chi connectivity index (χ0) is 22.5. The van der Waals surface area contributed by atoms with Crippen LogP contribution in [0.1, 0.15) is 16.1 Å². The van der Waals surface area contributed by atoms with Gasteiger partial charge in [-0.1, -0.05) is 46.7 Å². The normalized spacial score (nSPS) is 10.6. The van der Waals surface area contributed by atoms with Crippen LogP contribution >= 0.6 is 0 Å². The molecule has 0 bridgehead atoms. The van der Waals surface area contributed by atoms with E-state index in [-0.39, 0.29) is 12.2 Å². The van der Waals surface area contributed by atoms with Gasteiger partial charge in [-0.05, 0) is 53.1 Å². The van der Waals surface area contributed by atoms with E-state index < -0.39 is 11.8 Å². The van der Waals surface area contributed by atoms with Crippen molar-refractivity contribution in [2.45, 2.75) is 6.54 Å². The summed E-state index contributed by atoms with van der Waals surface area (Å²) < 4.78 is 11.7. The lowest BCUT2D eigenvalue weighted by atomic mass is 10.0. The fourth-order valence-corrected chi connectivity index (χ4v) is 3.29. The number of nitrogens with one attached hydrogen (secondary N) is 1. The molecule has 4 rings (SSSR count). The number of benzene rings is 3. The van der Waals surface area contributed by atoms with Gasteiger partial charge < -0.3 is 19.9 Å². The van der Waals surface area contributed by atoms with Crippen molar-refractivity contribution in [3.8, 4) is 28.5 Å². The third kappa shape index (κ3) is 4.54. The summed E-state index contributed by atoms with van der Waals surface area (Å²) in [5, 5.41) is 20.5. The molecule has 3 aromatic carbocycles. The molecule has 162 valence electrons. The molecule has 1 amide bonds. The molecule has 32 heavy (non-hydrogen) atoms. The maximum absolute atomic E-state index is 12.9. The zero-order valence-electron chi connectivity index (χ0n) is 17.6. The van der Waals surface area contributed by atoms with Gasteiger partial charge in [0.1, 0.15) is 11.5 Å². The molecule has 2 N–H and O–H groups in total. The zero-order valence-corrected chi connectivity index (χ0v) is 17.6. The largest absolute Gasteiger partial charge is 0.497 e. The third-order valence-electron chi connectivity index (χ3n) is 4.97. The fourth-order valence-electron chi connectivity index (χ4n) is 3.29. The second-order valence-corrected chi connectivity index (χ2v) is 7.03. The van der Waals surface area contributed by atoms with Crippen LogP contribution in [-0.2, 0) is 6.54 Å². The molecule has 0 saturated heterocycles. The van der Waals surface area contributed by atoms with E-state index in [1.54, 1.807) is 20.3 Å². The predicted molar refractivity (Wildman–Crippen MR) is 120 cm³/mol. The Labute approximate surface area is 185 Å². The number of hydrogen-bond acceptors (Lipinski definition) is 6.